The fourth-order valence-electron chi connectivity index (χ4n) is 2.09. The maximum absolute atomic E-state index is 11.9. The quantitative estimate of drug-likeness (QED) is 0.640. The Bertz CT molecular complexity index is 574. The number of carbonyl (C=O) groups excluding carboxylic acids is 2. The summed E-state index contributed by atoms with van der Waals surface area (Å²) >= 11 is 3.29. The fourth-order valence-corrected chi connectivity index (χ4v) is 2.35. The second-order valence-corrected chi connectivity index (χ2v) is 6.36. The highest BCUT2D eigenvalue weighted by Gasteiger charge is 2.33. The Morgan fingerprint density at radius 2 is 1.83 bits per heavy atom. The molecule has 0 aliphatic heterocycles. The van der Waals surface area contributed by atoms with Gasteiger partial charge in [0.15, 0.2) is 0 Å². The van der Waals surface area contributed by atoms with Gasteiger partial charge in [-0.05, 0) is 37.6 Å². The fraction of sp³-hybridized carbons (Fsp3) is 0.438. The lowest BCUT2D eigenvalue weighted by Crippen LogP contribution is -2.52. The molecule has 1 aromatic carbocycles. The third-order valence-corrected chi connectivity index (χ3v) is 3.91. The van der Waals surface area contributed by atoms with Gasteiger partial charge in [0.1, 0.15) is 5.54 Å². The summed E-state index contributed by atoms with van der Waals surface area (Å²) in [5.74, 6) is -1.74. The summed E-state index contributed by atoms with van der Waals surface area (Å²) in [6.07, 6.45) is 1.01. The molecule has 0 saturated carbocycles. The summed E-state index contributed by atoms with van der Waals surface area (Å²) in [6.45, 7) is 3.48. The minimum Gasteiger partial charge on any atom is -0.480 e. The first-order valence-corrected chi connectivity index (χ1v) is 8.16. The van der Waals surface area contributed by atoms with E-state index in [4.69, 9.17) is 0 Å². The summed E-state index contributed by atoms with van der Waals surface area (Å²) < 4.78 is 0.873. The van der Waals surface area contributed by atoms with Crippen LogP contribution in [0.15, 0.2) is 28.7 Å². The van der Waals surface area contributed by atoms with Crippen molar-refractivity contribution in [1.29, 1.82) is 0 Å². The first-order valence-electron chi connectivity index (χ1n) is 7.36. The molecule has 23 heavy (non-hydrogen) atoms. The predicted octanol–water partition coefficient (Wildman–Crippen LogP) is 2.33. The van der Waals surface area contributed by atoms with Crippen LogP contribution in [-0.4, -0.2) is 35.0 Å². The number of amides is 2. The molecule has 1 rings (SSSR count). The summed E-state index contributed by atoms with van der Waals surface area (Å²) in [5, 5.41) is 14.4. The highest BCUT2D eigenvalue weighted by atomic mass is 79.9. The third-order valence-electron chi connectivity index (χ3n) is 3.38. The van der Waals surface area contributed by atoms with E-state index in [1.54, 1.807) is 24.3 Å². The molecule has 0 aliphatic rings. The summed E-state index contributed by atoms with van der Waals surface area (Å²) in [6, 6.07) is 6.85. The van der Waals surface area contributed by atoms with Crippen molar-refractivity contribution in [2.75, 3.05) is 6.54 Å². The van der Waals surface area contributed by atoms with Crippen molar-refractivity contribution in [1.82, 2.24) is 10.6 Å². The molecular formula is C16H21BrN2O4. The Balaban J connectivity index is 2.45. The summed E-state index contributed by atoms with van der Waals surface area (Å²) in [5.41, 5.74) is -0.781. The molecule has 1 aromatic rings. The minimum atomic E-state index is -1.28. The van der Waals surface area contributed by atoms with Crippen LogP contribution in [0.2, 0.25) is 0 Å². The van der Waals surface area contributed by atoms with Gasteiger partial charge >= 0.3 is 5.97 Å². The highest BCUT2D eigenvalue weighted by molar-refractivity contribution is 9.10. The number of carboxylic acids is 1. The number of carboxylic acid groups (broad SMARTS) is 1. The SMILES string of the molecule is CCCC(C)(NC(=O)CCNC(=O)c1ccc(Br)cc1)C(=O)O. The van der Waals surface area contributed by atoms with Crippen molar-refractivity contribution in [2.45, 2.75) is 38.6 Å². The second kappa shape index (κ2) is 8.67. The normalized spacial score (nSPS) is 13.0. The van der Waals surface area contributed by atoms with Gasteiger partial charge in [-0.25, -0.2) is 4.79 Å². The molecule has 0 bridgehead atoms. The van der Waals surface area contributed by atoms with Crippen molar-refractivity contribution < 1.29 is 19.5 Å². The molecule has 0 fully saturated rings. The van der Waals surface area contributed by atoms with Gasteiger partial charge in [0.05, 0.1) is 0 Å². The zero-order valence-corrected chi connectivity index (χ0v) is 14.8. The Hall–Kier alpha value is -1.89. The van der Waals surface area contributed by atoms with Gasteiger partial charge in [0.2, 0.25) is 5.91 Å². The van der Waals surface area contributed by atoms with Crippen LogP contribution in [0.1, 0.15) is 43.5 Å². The monoisotopic (exact) mass is 384 g/mol. The molecule has 0 aliphatic carbocycles. The van der Waals surface area contributed by atoms with Gasteiger partial charge in [-0.1, -0.05) is 29.3 Å². The number of aliphatic carboxylic acids is 1. The van der Waals surface area contributed by atoms with E-state index in [9.17, 15) is 19.5 Å². The Kier molecular flexibility index (Phi) is 7.22. The van der Waals surface area contributed by atoms with Crippen LogP contribution in [0.3, 0.4) is 0 Å². The van der Waals surface area contributed by atoms with Crippen LogP contribution in [0, 0.1) is 0 Å². The zero-order valence-electron chi connectivity index (χ0n) is 13.2. The summed E-state index contributed by atoms with van der Waals surface area (Å²) in [7, 11) is 0. The molecule has 0 saturated heterocycles. The number of hydrogen-bond acceptors (Lipinski definition) is 3. The van der Waals surface area contributed by atoms with Gasteiger partial charge in [0, 0.05) is 23.0 Å². The lowest BCUT2D eigenvalue weighted by atomic mass is 9.96. The topological polar surface area (TPSA) is 95.5 Å². The predicted molar refractivity (Wildman–Crippen MR) is 90.2 cm³/mol. The molecule has 6 nitrogen and oxygen atoms in total. The third kappa shape index (κ3) is 6.02. The lowest BCUT2D eigenvalue weighted by molar-refractivity contribution is -0.147. The minimum absolute atomic E-state index is 0.0227. The zero-order chi connectivity index (χ0) is 17.5. The van der Waals surface area contributed by atoms with E-state index in [0.29, 0.717) is 18.4 Å². The maximum atomic E-state index is 11.9. The van der Waals surface area contributed by atoms with Crippen molar-refractivity contribution in [2.24, 2.45) is 0 Å². The highest BCUT2D eigenvalue weighted by Crippen LogP contribution is 2.13. The van der Waals surface area contributed by atoms with E-state index >= 15 is 0 Å². The van der Waals surface area contributed by atoms with Crippen LogP contribution in [-0.2, 0) is 9.59 Å². The Labute approximate surface area is 143 Å². The van der Waals surface area contributed by atoms with Crippen molar-refractivity contribution >= 4 is 33.7 Å². The molecule has 2 amide bonds. The largest absolute Gasteiger partial charge is 0.480 e. The van der Waals surface area contributed by atoms with E-state index in [-0.39, 0.29) is 18.9 Å². The lowest BCUT2D eigenvalue weighted by Gasteiger charge is -2.25. The van der Waals surface area contributed by atoms with Crippen molar-refractivity contribution in [3.8, 4) is 0 Å². The number of nitrogens with one attached hydrogen (secondary N) is 2. The van der Waals surface area contributed by atoms with E-state index in [1.165, 1.54) is 6.92 Å². The molecule has 7 heteroatoms. The van der Waals surface area contributed by atoms with Crippen LogP contribution < -0.4 is 10.6 Å². The number of benzene rings is 1. The number of carbonyl (C=O) groups is 3. The molecule has 0 spiro atoms. The Morgan fingerprint density at radius 3 is 2.35 bits per heavy atom. The van der Waals surface area contributed by atoms with Gasteiger partial charge in [0.25, 0.3) is 5.91 Å². The Morgan fingerprint density at radius 1 is 1.22 bits per heavy atom. The molecule has 1 atom stereocenters. The molecule has 0 aromatic heterocycles. The van der Waals surface area contributed by atoms with Crippen LogP contribution in [0.5, 0.6) is 0 Å². The molecule has 3 N–H and O–H groups in total. The second-order valence-electron chi connectivity index (χ2n) is 5.45. The van der Waals surface area contributed by atoms with Crippen LogP contribution in [0.25, 0.3) is 0 Å². The molecule has 1 unspecified atom stereocenters. The van der Waals surface area contributed by atoms with Gasteiger partial charge < -0.3 is 15.7 Å². The molecular weight excluding hydrogens is 364 g/mol. The molecule has 0 heterocycles. The average Bonchev–Trinajstić information content (AvgIpc) is 2.47. The number of rotatable bonds is 8. The van der Waals surface area contributed by atoms with E-state index in [0.717, 1.165) is 4.47 Å². The maximum Gasteiger partial charge on any atom is 0.329 e. The van der Waals surface area contributed by atoms with Crippen LogP contribution in [0.4, 0.5) is 0 Å². The first kappa shape index (κ1) is 19.2. The first-order chi connectivity index (χ1) is 10.8. The summed E-state index contributed by atoms with van der Waals surface area (Å²) in [4.78, 5) is 35.0. The van der Waals surface area contributed by atoms with Crippen molar-refractivity contribution in [3.63, 3.8) is 0 Å². The van der Waals surface area contributed by atoms with Crippen LogP contribution >= 0.6 is 15.9 Å². The smallest absolute Gasteiger partial charge is 0.329 e. The van der Waals surface area contributed by atoms with Gasteiger partial charge in [-0.3, -0.25) is 9.59 Å². The molecule has 0 radical (unpaired) electrons. The number of halogens is 1. The average molecular weight is 385 g/mol. The van der Waals surface area contributed by atoms with Crippen molar-refractivity contribution in [3.05, 3.63) is 34.3 Å². The van der Waals surface area contributed by atoms with Gasteiger partial charge in [-0.2, -0.15) is 0 Å². The van der Waals surface area contributed by atoms with E-state index in [2.05, 4.69) is 26.6 Å². The number of hydrogen-bond donors (Lipinski definition) is 3. The van der Waals surface area contributed by atoms with E-state index in [1.807, 2.05) is 6.92 Å². The van der Waals surface area contributed by atoms with Gasteiger partial charge in [-0.15, -0.1) is 0 Å². The molecule has 126 valence electrons. The van der Waals surface area contributed by atoms with E-state index < -0.39 is 17.4 Å². The standard InChI is InChI=1S/C16H21BrN2O4/c1-3-9-16(2,15(22)23)19-13(20)8-10-18-14(21)11-4-6-12(17)7-5-11/h4-7H,3,8-10H2,1-2H3,(H,18,21)(H,19,20)(H,22,23).